The molecule has 0 amide bonds. The molecular formula is C14H21ClN6O. The lowest BCUT2D eigenvalue weighted by atomic mass is 10.00. The van der Waals surface area contributed by atoms with E-state index in [2.05, 4.69) is 20.2 Å². The second-order valence-electron chi connectivity index (χ2n) is 6.23. The summed E-state index contributed by atoms with van der Waals surface area (Å²) in [4.78, 5) is 6.46. The van der Waals surface area contributed by atoms with Crippen molar-refractivity contribution in [1.82, 2.24) is 29.4 Å². The average Bonchev–Trinajstić information content (AvgIpc) is 3.16. The van der Waals surface area contributed by atoms with E-state index >= 15 is 0 Å². The fourth-order valence-electron chi connectivity index (χ4n) is 2.73. The Balaban J connectivity index is 1.71. The van der Waals surface area contributed by atoms with Crippen LogP contribution in [0.5, 0.6) is 0 Å². The molecule has 1 fully saturated rings. The van der Waals surface area contributed by atoms with Crippen molar-refractivity contribution >= 4 is 11.6 Å². The highest BCUT2D eigenvalue weighted by molar-refractivity contribution is 6.29. The first kappa shape index (κ1) is 15.5. The quantitative estimate of drug-likeness (QED) is 0.919. The first-order valence-electron chi connectivity index (χ1n) is 7.42. The molecule has 8 heteroatoms. The zero-order valence-electron chi connectivity index (χ0n) is 13.1. The smallest absolute Gasteiger partial charge is 0.128 e. The third kappa shape index (κ3) is 2.76. The lowest BCUT2D eigenvalue weighted by Crippen LogP contribution is -2.31. The van der Waals surface area contributed by atoms with Gasteiger partial charge in [-0.15, -0.1) is 5.10 Å². The lowest BCUT2D eigenvalue weighted by Gasteiger charge is -2.21. The fourth-order valence-corrected chi connectivity index (χ4v) is 2.87. The van der Waals surface area contributed by atoms with Gasteiger partial charge in [0.2, 0.25) is 0 Å². The van der Waals surface area contributed by atoms with Crippen molar-refractivity contribution in [3.63, 3.8) is 0 Å². The Labute approximate surface area is 134 Å². The van der Waals surface area contributed by atoms with Crippen LogP contribution in [0.4, 0.5) is 0 Å². The van der Waals surface area contributed by atoms with E-state index in [4.69, 9.17) is 11.6 Å². The van der Waals surface area contributed by atoms with Gasteiger partial charge in [0.1, 0.15) is 22.3 Å². The van der Waals surface area contributed by atoms with Gasteiger partial charge in [-0.25, -0.2) is 9.67 Å². The second kappa shape index (κ2) is 5.64. The van der Waals surface area contributed by atoms with Crippen molar-refractivity contribution in [2.24, 2.45) is 7.05 Å². The molecule has 7 nitrogen and oxygen atoms in total. The van der Waals surface area contributed by atoms with Crippen LogP contribution in [0.1, 0.15) is 37.8 Å². The maximum atomic E-state index is 10.9. The van der Waals surface area contributed by atoms with Crippen LogP contribution in [0, 0.1) is 0 Å². The first-order chi connectivity index (χ1) is 10.4. The number of aromatic nitrogens is 5. The van der Waals surface area contributed by atoms with Gasteiger partial charge in [-0.2, -0.15) is 0 Å². The van der Waals surface area contributed by atoms with Gasteiger partial charge in [0.15, 0.2) is 0 Å². The van der Waals surface area contributed by atoms with Crippen LogP contribution in [-0.2, 0) is 19.2 Å². The molecule has 22 heavy (non-hydrogen) atoms. The van der Waals surface area contributed by atoms with E-state index in [0.717, 1.165) is 12.4 Å². The number of halogens is 1. The summed E-state index contributed by atoms with van der Waals surface area (Å²) in [6.07, 6.45) is 4.13. The van der Waals surface area contributed by atoms with Crippen molar-refractivity contribution in [2.45, 2.75) is 38.5 Å². The molecular weight excluding hydrogens is 304 g/mol. The highest BCUT2D eigenvalue weighted by atomic mass is 35.5. The summed E-state index contributed by atoms with van der Waals surface area (Å²) in [5, 5.41) is 19.7. The van der Waals surface area contributed by atoms with Gasteiger partial charge >= 0.3 is 0 Å². The topological polar surface area (TPSA) is 72.0 Å². The van der Waals surface area contributed by atoms with E-state index in [0.29, 0.717) is 30.4 Å². The molecule has 1 aliphatic heterocycles. The zero-order valence-corrected chi connectivity index (χ0v) is 13.8. The third-order valence-electron chi connectivity index (χ3n) is 4.24. The van der Waals surface area contributed by atoms with Crippen LogP contribution < -0.4 is 0 Å². The largest absolute Gasteiger partial charge is 0.382 e. The molecule has 1 unspecified atom stereocenters. The van der Waals surface area contributed by atoms with Crippen molar-refractivity contribution in [1.29, 1.82) is 0 Å². The van der Waals surface area contributed by atoms with E-state index in [1.54, 1.807) is 10.9 Å². The molecule has 0 aromatic carbocycles. The van der Waals surface area contributed by atoms with Crippen LogP contribution in [0.2, 0.25) is 5.15 Å². The van der Waals surface area contributed by atoms with Crippen LogP contribution in [0.25, 0.3) is 0 Å². The summed E-state index contributed by atoms with van der Waals surface area (Å²) in [6, 6.07) is 0.233. The Morgan fingerprint density at radius 2 is 2.23 bits per heavy atom. The van der Waals surface area contributed by atoms with Gasteiger partial charge < -0.3 is 9.67 Å². The summed E-state index contributed by atoms with van der Waals surface area (Å²) >= 11 is 6.01. The summed E-state index contributed by atoms with van der Waals surface area (Å²) in [5.74, 6) is 0.889. The molecule has 0 bridgehead atoms. The highest BCUT2D eigenvalue weighted by Gasteiger charge is 2.40. The third-order valence-corrected chi connectivity index (χ3v) is 4.59. The maximum absolute atomic E-state index is 10.9. The molecule has 1 atom stereocenters. The number of β-amino-alcohol motifs (C(OH)–C–C–N with tert-alkyl or cyclic N) is 1. The summed E-state index contributed by atoms with van der Waals surface area (Å²) in [6.45, 7) is 6.04. The molecule has 3 rings (SSSR count). The van der Waals surface area contributed by atoms with Gasteiger partial charge in [-0.3, -0.25) is 4.90 Å². The lowest BCUT2D eigenvalue weighted by molar-refractivity contribution is 0.0404. The SMILES string of the molecule is CC(C)n1cc(C2(O)CCN(Cc3ncc(Cl)n3C)C2)nn1. The summed E-state index contributed by atoms with van der Waals surface area (Å²) in [5.41, 5.74) is -0.302. The number of nitrogens with zero attached hydrogens (tertiary/aromatic N) is 6. The molecule has 1 saturated heterocycles. The maximum Gasteiger partial charge on any atom is 0.128 e. The van der Waals surface area contributed by atoms with E-state index in [1.807, 2.05) is 31.7 Å². The van der Waals surface area contributed by atoms with Gasteiger partial charge in [0.05, 0.1) is 18.9 Å². The van der Waals surface area contributed by atoms with Crippen LogP contribution >= 0.6 is 11.6 Å². The minimum Gasteiger partial charge on any atom is -0.382 e. The first-order valence-corrected chi connectivity index (χ1v) is 7.80. The van der Waals surface area contributed by atoms with Crippen molar-refractivity contribution in [3.05, 3.63) is 29.1 Å². The molecule has 2 aromatic rings. The second-order valence-corrected chi connectivity index (χ2v) is 6.61. The summed E-state index contributed by atoms with van der Waals surface area (Å²) < 4.78 is 3.63. The van der Waals surface area contributed by atoms with Crippen LogP contribution in [0.15, 0.2) is 12.4 Å². The number of imidazole rings is 1. The number of aliphatic hydroxyl groups is 1. The predicted molar refractivity (Wildman–Crippen MR) is 82.4 cm³/mol. The van der Waals surface area contributed by atoms with Crippen LogP contribution in [-0.4, -0.2) is 47.6 Å². The number of rotatable bonds is 4. The Morgan fingerprint density at radius 1 is 1.45 bits per heavy atom. The van der Waals surface area contributed by atoms with E-state index in [-0.39, 0.29) is 6.04 Å². The van der Waals surface area contributed by atoms with Crippen molar-refractivity contribution in [3.8, 4) is 0 Å². The Hall–Kier alpha value is -1.44. The van der Waals surface area contributed by atoms with Crippen molar-refractivity contribution < 1.29 is 5.11 Å². The molecule has 0 radical (unpaired) electrons. The average molecular weight is 325 g/mol. The number of hydrogen-bond donors (Lipinski definition) is 1. The van der Waals surface area contributed by atoms with Gasteiger partial charge in [-0.05, 0) is 20.3 Å². The Bertz CT molecular complexity index is 666. The number of likely N-dealkylation sites (tertiary alicyclic amines) is 1. The van der Waals surface area contributed by atoms with Crippen LogP contribution in [0.3, 0.4) is 0 Å². The van der Waals surface area contributed by atoms with Crippen molar-refractivity contribution in [2.75, 3.05) is 13.1 Å². The molecule has 3 heterocycles. The molecule has 1 aliphatic rings. The summed E-state index contributed by atoms with van der Waals surface area (Å²) in [7, 11) is 1.89. The normalized spacial score (nSPS) is 22.8. The zero-order chi connectivity index (χ0) is 15.9. The molecule has 120 valence electrons. The predicted octanol–water partition coefficient (Wildman–Crippen LogP) is 1.34. The van der Waals surface area contributed by atoms with E-state index in [9.17, 15) is 5.11 Å². The van der Waals surface area contributed by atoms with Gasteiger partial charge in [0.25, 0.3) is 0 Å². The number of hydrogen-bond acceptors (Lipinski definition) is 5. The molecule has 0 aliphatic carbocycles. The fraction of sp³-hybridized carbons (Fsp3) is 0.643. The monoisotopic (exact) mass is 324 g/mol. The Kier molecular flexibility index (Phi) is 3.96. The van der Waals surface area contributed by atoms with Gasteiger partial charge in [0, 0.05) is 26.2 Å². The highest BCUT2D eigenvalue weighted by Crippen LogP contribution is 2.31. The van der Waals surface area contributed by atoms with E-state index in [1.165, 1.54) is 0 Å². The minimum absolute atomic E-state index is 0.233. The molecule has 2 aromatic heterocycles. The van der Waals surface area contributed by atoms with E-state index < -0.39 is 5.60 Å². The minimum atomic E-state index is -0.942. The molecule has 0 saturated carbocycles. The standard InChI is InChI=1S/C14H21ClN6O/c1-10(2)21-7-11(17-18-21)14(22)4-5-20(9-14)8-13-16-6-12(15)19(13)3/h6-7,10,22H,4-5,8-9H2,1-3H3. The molecule has 0 spiro atoms. The van der Waals surface area contributed by atoms with Gasteiger partial charge in [-0.1, -0.05) is 16.8 Å². The molecule has 1 N–H and O–H groups in total. The Morgan fingerprint density at radius 3 is 2.82 bits per heavy atom.